The van der Waals surface area contributed by atoms with Crippen LogP contribution in [0.15, 0.2) is 54.6 Å². The number of hydrogen-bond acceptors (Lipinski definition) is 12. The van der Waals surface area contributed by atoms with Crippen molar-refractivity contribution in [3.8, 4) is 11.9 Å². The highest BCUT2D eigenvalue weighted by molar-refractivity contribution is 5.97. The van der Waals surface area contributed by atoms with Gasteiger partial charge in [0, 0.05) is 48.4 Å². The smallest absolute Gasteiger partial charge is 0.473 e. The molecule has 0 radical (unpaired) electrons. The van der Waals surface area contributed by atoms with Crippen LogP contribution in [0.25, 0.3) is 11.0 Å². The normalized spacial score (nSPS) is 13.9. The summed E-state index contributed by atoms with van der Waals surface area (Å²) < 4.78 is 86.4. The molecule has 0 aliphatic carbocycles. The number of nitrogens with one attached hydrogen (secondary N) is 1. The number of carbonyl (C=O) groups is 1. The van der Waals surface area contributed by atoms with Crippen molar-refractivity contribution in [2.75, 3.05) is 85.6 Å². The van der Waals surface area contributed by atoms with Gasteiger partial charge >= 0.3 is 6.36 Å². The van der Waals surface area contributed by atoms with E-state index in [0.29, 0.717) is 106 Å². The molecule has 0 spiro atoms. The van der Waals surface area contributed by atoms with Crippen molar-refractivity contribution in [1.82, 2.24) is 24.8 Å². The number of ether oxygens (including phenoxy) is 6. The van der Waals surface area contributed by atoms with Crippen molar-refractivity contribution < 1.29 is 50.8 Å². The number of piperidine rings is 1. The highest BCUT2D eigenvalue weighted by Gasteiger charge is 2.29. The first-order chi connectivity index (χ1) is 28.1. The quantitative estimate of drug-likeness (QED) is 0.0741. The van der Waals surface area contributed by atoms with E-state index in [1.807, 2.05) is 18.2 Å². The average molecular weight is 816 g/mol. The second-order valence-corrected chi connectivity index (χ2v) is 13.3. The molecule has 18 heteroatoms. The second-order valence-electron chi connectivity index (χ2n) is 13.3. The van der Waals surface area contributed by atoms with Crippen LogP contribution in [0.4, 0.5) is 17.6 Å². The number of imidazole rings is 1. The Balaban J connectivity index is 1.11. The molecule has 14 nitrogen and oxygen atoms in total. The first kappa shape index (κ1) is 44.4. The molecule has 2 aromatic carbocycles. The number of likely N-dealkylation sites (tertiary alicyclic amines) is 1. The van der Waals surface area contributed by atoms with E-state index in [1.165, 1.54) is 18.2 Å². The molecule has 1 saturated heterocycles. The molecule has 1 amide bonds. The van der Waals surface area contributed by atoms with Crippen molar-refractivity contribution in [3.63, 3.8) is 0 Å². The Morgan fingerprint density at radius 3 is 2.28 bits per heavy atom. The van der Waals surface area contributed by atoms with Crippen LogP contribution in [-0.2, 0) is 43.4 Å². The molecule has 1 aliphatic rings. The number of alkyl halides is 3. The highest BCUT2D eigenvalue weighted by Crippen LogP contribution is 2.30. The minimum Gasteiger partial charge on any atom is -0.473 e. The molecule has 2 aromatic heterocycles. The van der Waals surface area contributed by atoms with Crippen LogP contribution in [-0.4, -0.2) is 117 Å². The van der Waals surface area contributed by atoms with E-state index < -0.39 is 18.8 Å². The Morgan fingerprint density at radius 1 is 0.897 bits per heavy atom. The fourth-order valence-corrected chi connectivity index (χ4v) is 6.33. The minimum absolute atomic E-state index is 0.0368. The highest BCUT2D eigenvalue weighted by atomic mass is 19.4. The van der Waals surface area contributed by atoms with Crippen LogP contribution in [0.2, 0.25) is 0 Å². The predicted molar refractivity (Wildman–Crippen MR) is 203 cm³/mol. The van der Waals surface area contributed by atoms with E-state index in [9.17, 15) is 22.4 Å². The maximum atomic E-state index is 14.3. The number of halogens is 4. The molecule has 3 heterocycles. The van der Waals surface area contributed by atoms with Gasteiger partial charge in [-0.25, -0.2) is 14.4 Å². The van der Waals surface area contributed by atoms with Gasteiger partial charge in [0.2, 0.25) is 5.88 Å². The van der Waals surface area contributed by atoms with Crippen LogP contribution in [0, 0.1) is 17.1 Å². The fraction of sp³-hybridized carbons (Fsp3) is 0.500. The summed E-state index contributed by atoms with van der Waals surface area (Å²) in [6.45, 7) is 4.92. The molecular formula is C40H49F4N7O7. The van der Waals surface area contributed by atoms with Crippen molar-refractivity contribution in [1.29, 1.82) is 5.26 Å². The topological polar surface area (TPSA) is 168 Å². The zero-order valence-corrected chi connectivity index (χ0v) is 32.2. The lowest BCUT2D eigenvalue weighted by atomic mass is 9.93. The third-order valence-electron chi connectivity index (χ3n) is 9.25. The Bertz CT molecular complexity index is 1930. The number of fused-ring (bicyclic) bond motifs is 1. The van der Waals surface area contributed by atoms with Crippen molar-refractivity contribution >= 4 is 16.9 Å². The molecule has 0 bridgehead atoms. The zero-order valence-electron chi connectivity index (χ0n) is 32.2. The first-order valence-electron chi connectivity index (χ1n) is 19.1. The largest absolute Gasteiger partial charge is 0.522 e. The van der Waals surface area contributed by atoms with Gasteiger partial charge in [-0.1, -0.05) is 12.1 Å². The van der Waals surface area contributed by atoms with Crippen LogP contribution >= 0.6 is 0 Å². The van der Waals surface area contributed by atoms with E-state index in [0.717, 1.165) is 18.5 Å². The van der Waals surface area contributed by atoms with Gasteiger partial charge in [-0.05, 0) is 62.3 Å². The molecule has 5 rings (SSSR count). The van der Waals surface area contributed by atoms with E-state index in [1.54, 1.807) is 28.8 Å². The lowest BCUT2D eigenvalue weighted by molar-refractivity contribution is -0.325. The van der Waals surface area contributed by atoms with E-state index >= 15 is 0 Å². The second kappa shape index (κ2) is 23.0. The molecule has 4 aromatic rings. The van der Waals surface area contributed by atoms with Gasteiger partial charge in [-0.15, -0.1) is 13.2 Å². The monoisotopic (exact) mass is 815 g/mol. The fourth-order valence-electron chi connectivity index (χ4n) is 6.33. The van der Waals surface area contributed by atoms with Crippen LogP contribution in [0.3, 0.4) is 0 Å². The van der Waals surface area contributed by atoms with Crippen molar-refractivity contribution in [2.24, 2.45) is 5.73 Å². The zero-order chi connectivity index (χ0) is 41.2. The number of hydrogen-bond donors (Lipinski definition) is 2. The Labute approximate surface area is 334 Å². The Hall–Kier alpha value is -4.74. The summed E-state index contributed by atoms with van der Waals surface area (Å²) in [5, 5.41) is 11.8. The molecule has 0 unspecified atom stereocenters. The van der Waals surface area contributed by atoms with Gasteiger partial charge in [0.1, 0.15) is 18.2 Å². The summed E-state index contributed by atoms with van der Waals surface area (Å²) >= 11 is 0. The van der Waals surface area contributed by atoms with Crippen molar-refractivity contribution in [3.05, 3.63) is 88.6 Å². The van der Waals surface area contributed by atoms with E-state index in [4.69, 9.17) is 39.7 Å². The van der Waals surface area contributed by atoms with Gasteiger partial charge < -0.3 is 39.3 Å². The number of aromatic nitrogens is 3. The number of pyridine rings is 1. The van der Waals surface area contributed by atoms with Gasteiger partial charge in [0.15, 0.2) is 0 Å². The number of benzene rings is 2. The van der Waals surface area contributed by atoms with Gasteiger partial charge in [0.25, 0.3) is 5.91 Å². The first-order valence-corrected chi connectivity index (χ1v) is 19.1. The Morgan fingerprint density at radius 2 is 1.60 bits per heavy atom. The lowest BCUT2D eigenvalue weighted by Crippen LogP contribution is -2.33. The van der Waals surface area contributed by atoms with E-state index in [-0.39, 0.29) is 43.7 Å². The van der Waals surface area contributed by atoms with Crippen LogP contribution < -0.4 is 15.8 Å². The number of nitrogens with zero attached hydrogens (tertiary/aromatic N) is 5. The van der Waals surface area contributed by atoms with Crippen LogP contribution in [0.1, 0.15) is 51.8 Å². The van der Waals surface area contributed by atoms with Gasteiger partial charge in [-0.3, -0.25) is 14.4 Å². The number of carbonyl (C=O) groups excluding carboxylic acids is 1. The molecule has 0 atom stereocenters. The van der Waals surface area contributed by atoms with Crippen molar-refractivity contribution in [2.45, 2.75) is 44.8 Å². The molecule has 1 fully saturated rings. The summed E-state index contributed by atoms with van der Waals surface area (Å²) in [5.41, 5.74) is 8.13. The molecular weight excluding hydrogens is 766 g/mol. The molecule has 3 N–H and O–H groups in total. The molecule has 1 aliphatic heterocycles. The minimum atomic E-state index is -4.79. The Kier molecular flexibility index (Phi) is 17.6. The van der Waals surface area contributed by atoms with Crippen LogP contribution in [0.5, 0.6) is 5.88 Å². The third kappa shape index (κ3) is 14.3. The standard InChI is InChI=1S/C40H49F4N7O7/c41-33-24-29(26-46)4-5-32(33)28-57-38-3-1-2-34(49-38)30-8-12-50(13-9-30)27-37-48-35-7-6-31(25-36(35)51(37)14-17-58-40(42,43)44)39(52)47-11-16-54-19-21-56-23-22-55-20-18-53-15-10-45/h1-7,24-25,30H,8-23,27-28,45H2,(H,47,52). The number of amides is 1. The molecule has 314 valence electrons. The third-order valence-corrected chi connectivity index (χ3v) is 9.25. The summed E-state index contributed by atoms with van der Waals surface area (Å²) in [6.07, 6.45) is -3.26. The predicted octanol–water partition coefficient (Wildman–Crippen LogP) is 4.69. The summed E-state index contributed by atoms with van der Waals surface area (Å²) in [5.74, 6) is 0.167. The summed E-state index contributed by atoms with van der Waals surface area (Å²) in [4.78, 5) is 24.6. The number of nitriles is 1. The van der Waals surface area contributed by atoms with E-state index in [2.05, 4.69) is 19.9 Å². The number of rotatable bonds is 24. The summed E-state index contributed by atoms with van der Waals surface area (Å²) in [6, 6.07) is 16.5. The average Bonchev–Trinajstić information content (AvgIpc) is 3.55. The molecule has 58 heavy (non-hydrogen) atoms. The number of nitrogens with two attached hydrogens (primary N) is 1. The van der Waals surface area contributed by atoms with Gasteiger partial charge in [-0.2, -0.15) is 5.26 Å². The SMILES string of the molecule is N#Cc1ccc(COc2cccc(C3CCN(Cc4nc5ccc(C(=O)NCCOCCOCCOCCOCCN)cc5n4CCOC(F)(F)F)CC3)n2)c(F)c1. The maximum absolute atomic E-state index is 14.3. The van der Waals surface area contributed by atoms with Gasteiger partial charge in [0.05, 0.1) is 88.7 Å². The lowest BCUT2D eigenvalue weighted by Gasteiger charge is -2.31. The summed E-state index contributed by atoms with van der Waals surface area (Å²) in [7, 11) is 0. The maximum Gasteiger partial charge on any atom is 0.522 e. The molecule has 0 saturated carbocycles.